The third-order valence-electron chi connectivity index (χ3n) is 4.36. The first-order chi connectivity index (χ1) is 8.26. The largest absolute Gasteiger partial charge is 0.334 e. The first-order valence-corrected chi connectivity index (χ1v) is 7.02. The number of aromatic nitrogens is 2. The van der Waals surface area contributed by atoms with E-state index in [4.69, 9.17) is 5.73 Å². The van der Waals surface area contributed by atoms with Crippen molar-refractivity contribution < 1.29 is 0 Å². The molecule has 96 valence electrons. The van der Waals surface area contributed by atoms with Crippen LogP contribution in [0.25, 0.3) is 0 Å². The number of hydrogen-bond donors (Lipinski definition) is 1. The lowest BCUT2D eigenvalue weighted by Crippen LogP contribution is -2.28. The summed E-state index contributed by atoms with van der Waals surface area (Å²) in [7, 11) is 0. The van der Waals surface area contributed by atoms with Crippen LogP contribution in [0.1, 0.15) is 57.8 Å². The highest BCUT2D eigenvalue weighted by Gasteiger charge is 2.27. The van der Waals surface area contributed by atoms with Crippen LogP contribution in [-0.4, -0.2) is 9.55 Å². The van der Waals surface area contributed by atoms with Gasteiger partial charge in [0.25, 0.3) is 0 Å². The maximum absolute atomic E-state index is 6.39. The maximum atomic E-state index is 6.39. The van der Waals surface area contributed by atoms with Crippen LogP contribution in [0.15, 0.2) is 12.4 Å². The Hall–Kier alpha value is -0.830. The van der Waals surface area contributed by atoms with E-state index in [1.54, 1.807) is 0 Å². The van der Waals surface area contributed by atoms with Gasteiger partial charge in [-0.25, -0.2) is 4.98 Å². The minimum Gasteiger partial charge on any atom is -0.334 e. The van der Waals surface area contributed by atoms with Crippen molar-refractivity contribution in [1.29, 1.82) is 0 Å². The summed E-state index contributed by atoms with van der Waals surface area (Å²) in [4.78, 5) is 4.44. The van der Waals surface area contributed by atoms with Crippen LogP contribution in [-0.2, 0) is 6.54 Å². The third-order valence-corrected chi connectivity index (χ3v) is 4.36. The Balaban J connectivity index is 1.99. The first-order valence-electron chi connectivity index (χ1n) is 7.02. The van der Waals surface area contributed by atoms with Gasteiger partial charge in [0.15, 0.2) is 0 Å². The summed E-state index contributed by atoms with van der Waals surface area (Å²) in [5.41, 5.74) is 6.39. The van der Waals surface area contributed by atoms with Gasteiger partial charge in [-0.2, -0.15) is 0 Å². The van der Waals surface area contributed by atoms with Crippen molar-refractivity contribution in [3.8, 4) is 0 Å². The molecule has 2 rings (SSSR count). The number of aryl methyl sites for hydroxylation is 1. The molecular formula is C14H25N3. The summed E-state index contributed by atoms with van der Waals surface area (Å²) in [6.45, 7) is 5.41. The van der Waals surface area contributed by atoms with Gasteiger partial charge in [0.2, 0.25) is 0 Å². The van der Waals surface area contributed by atoms with E-state index in [9.17, 15) is 0 Å². The monoisotopic (exact) mass is 235 g/mol. The lowest BCUT2D eigenvalue weighted by molar-refractivity contribution is 0.233. The van der Waals surface area contributed by atoms with Gasteiger partial charge >= 0.3 is 0 Å². The molecule has 17 heavy (non-hydrogen) atoms. The van der Waals surface area contributed by atoms with Gasteiger partial charge in [-0.15, -0.1) is 0 Å². The van der Waals surface area contributed by atoms with Crippen LogP contribution in [0.4, 0.5) is 0 Å². The highest BCUT2D eigenvalue weighted by atomic mass is 15.1. The lowest BCUT2D eigenvalue weighted by atomic mass is 9.77. The molecule has 1 aliphatic rings. The molecule has 0 amide bonds. The van der Waals surface area contributed by atoms with E-state index < -0.39 is 0 Å². The van der Waals surface area contributed by atoms with Crippen LogP contribution in [0.3, 0.4) is 0 Å². The Bertz CT molecular complexity index is 337. The Morgan fingerprint density at radius 3 is 2.65 bits per heavy atom. The molecule has 0 aliphatic heterocycles. The fourth-order valence-electron chi connectivity index (χ4n) is 3.05. The second-order valence-electron chi connectivity index (χ2n) is 5.29. The molecule has 1 atom stereocenters. The number of nitrogens with zero attached hydrogens (tertiary/aromatic N) is 2. The second kappa shape index (κ2) is 5.67. The van der Waals surface area contributed by atoms with Crippen molar-refractivity contribution in [2.45, 2.75) is 58.5 Å². The van der Waals surface area contributed by atoms with Crippen molar-refractivity contribution in [2.24, 2.45) is 17.6 Å². The summed E-state index contributed by atoms with van der Waals surface area (Å²) in [5, 5.41) is 0. The maximum Gasteiger partial charge on any atom is 0.125 e. The van der Waals surface area contributed by atoms with E-state index in [-0.39, 0.29) is 6.04 Å². The van der Waals surface area contributed by atoms with Gasteiger partial charge < -0.3 is 10.3 Å². The summed E-state index contributed by atoms with van der Waals surface area (Å²) >= 11 is 0. The van der Waals surface area contributed by atoms with Crippen LogP contribution >= 0.6 is 0 Å². The van der Waals surface area contributed by atoms with Crippen LogP contribution in [0, 0.1) is 11.8 Å². The Kier molecular flexibility index (Phi) is 4.21. The van der Waals surface area contributed by atoms with E-state index in [1.807, 2.05) is 12.4 Å². The second-order valence-corrected chi connectivity index (χ2v) is 5.29. The molecule has 0 bridgehead atoms. The van der Waals surface area contributed by atoms with Gasteiger partial charge in [0.05, 0.1) is 6.04 Å². The van der Waals surface area contributed by atoms with Crippen molar-refractivity contribution in [2.75, 3.05) is 0 Å². The van der Waals surface area contributed by atoms with E-state index in [1.165, 1.54) is 32.1 Å². The van der Waals surface area contributed by atoms with Crippen LogP contribution in [0.5, 0.6) is 0 Å². The molecule has 1 aromatic heterocycles. The minimum absolute atomic E-state index is 0.128. The number of rotatable bonds is 4. The lowest BCUT2D eigenvalue weighted by Gasteiger charge is -2.31. The van der Waals surface area contributed by atoms with Gasteiger partial charge in [-0.05, 0) is 31.6 Å². The quantitative estimate of drug-likeness (QED) is 0.871. The van der Waals surface area contributed by atoms with Crippen LogP contribution < -0.4 is 5.73 Å². The van der Waals surface area contributed by atoms with Gasteiger partial charge in [0.1, 0.15) is 5.82 Å². The van der Waals surface area contributed by atoms with E-state index in [2.05, 4.69) is 23.4 Å². The SMILES string of the molecule is CCC1CCC(C(N)c2nccn2CC)CC1. The fraction of sp³-hybridized carbons (Fsp3) is 0.786. The topological polar surface area (TPSA) is 43.8 Å². The highest BCUT2D eigenvalue weighted by molar-refractivity contribution is 5.01. The third kappa shape index (κ3) is 2.71. The average Bonchev–Trinajstić information content (AvgIpc) is 2.86. The molecule has 0 radical (unpaired) electrons. The Morgan fingerprint density at radius 1 is 1.35 bits per heavy atom. The molecule has 0 aromatic carbocycles. The first kappa shape index (κ1) is 12.6. The van der Waals surface area contributed by atoms with E-state index in [0.717, 1.165) is 18.3 Å². The molecular weight excluding hydrogens is 210 g/mol. The predicted molar refractivity (Wildman–Crippen MR) is 70.6 cm³/mol. The summed E-state index contributed by atoms with van der Waals surface area (Å²) in [5.74, 6) is 2.64. The smallest absolute Gasteiger partial charge is 0.125 e. The molecule has 2 N–H and O–H groups in total. The zero-order chi connectivity index (χ0) is 12.3. The van der Waals surface area contributed by atoms with Gasteiger partial charge in [-0.3, -0.25) is 0 Å². The molecule has 1 fully saturated rings. The summed E-state index contributed by atoms with van der Waals surface area (Å²) in [6.07, 6.45) is 10.5. The predicted octanol–water partition coefficient (Wildman–Crippen LogP) is 3.12. The van der Waals surface area contributed by atoms with E-state index in [0.29, 0.717) is 5.92 Å². The van der Waals surface area contributed by atoms with Crippen LogP contribution in [0.2, 0.25) is 0 Å². The number of hydrogen-bond acceptors (Lipinski definition) is 2. The fourth-order valence-corrected chi connectivity index (χ4v) is 3.05. The Morgan fingerprint density at radius 2 is 2.06 bits per heavy atom. The molecule has 3 nitrogen and oxygen atoms in total. The van der Waals surface area contributed by atoms with E-state index >= 15 is 0 Å². The van der Waals surface area contributed by atoms with Crippen molar-refractivity contribution >= 4 is 0 Å². The standard InChI is InChI=1S/C14H25N3/c1-3-11-5-7-12(8-6-11)13(15)14-16-9-10-17(14)4-2/h9-13H,3-8,15H2,1-2H3. The zero-order valence-corrected chi connectivity index (χ0v) is 11.1. The summed E-state index contributed by atoms with van der Waals surface area (Å²) < 4.78 is 2.18. The summed E-state index contributed by atoms with van der Waals surface area (Å²) in [6, 6.07) is 0.128. The molecule has 0 saturated heterocycles. The number of nitrogens with two attached hydrogens (primary N) is 1. The normalized spacial score (nSPS) is 27.0. The number of imidazole rings is 1. The molecule has 3 heteroatoms. The molecule has 1 unspecified atom stereocenters. The molecule has 1 aromatic rings. The van der Waals surface area contributed by atoms with Crippen molar-refractivity contribution in [3.05, 3.63) is 18.2 Å². The van der Waals surface area contributed by atoms with Crippen molar-refractivity contribution in [3.63, 3.8) is 0 Å². The molecule has 1 saturated carbocycles. The highest BCUT2D eigenvalue weighted by Crippen LogP contribution is 2.36. The minimum atomic E-state index is 0.128. The van der Waals surface area contributed by atoms with Gasteiger partial charge in [0, 0.05) is 18.9 Å². The molecule has 0 spiro atoms. The zero-order valence-electron chi connectivity index (χ0n) is 11.1. The Labute approximate surface area is 104 Å². The van der Waals surface area contributed by atoms with Gasteiger partial charge in [-0.1, -0.05) is 26.2 Å². The average molecular weight is 235 g/mol. The van der Waals surface area contributed by atoms with Crippen molar-refractivity contribution in [1.82, 2.24) is 9.55 Å². The molecule has 1 aliphatic carbocycles. The molecule has 1 heterocycles.